The van der Waals surface area contributed by atoms with E-state index in [0.717, 1.165) is 13.0 Å². The van der Waals surface area contributed by atoms with Gasteiger partial charge in [-0.1, -0.05) is 6.92 Å². The second-order valence-corrected chi connectivity index (χ2v) is 5.20. The number of amides is 2. The lowest BCUT2D eigenvalue weighted by Gasteiger charge is -2.28. The van der Waals surface area contributed by atoms with Crippen LogP contribution in [0.3, 0.4) is 0 Å². The summed E-state index contributed by atoms with van der Waals surface area (Å²) < 4.78 is 0. The molecule has 0 aromatic heterocycles. The van der Waals surface area contributed by atoms with Crippen molar-refractivity contribution in [3.05, 3.63) is 0 Å². The summed E-state index contributed by atoms with van der Waals surface area (Å²) in [5.41, 5.74) is 0. The molecule has 1 saturated heterocycles. The highest BCUT2D eigenvalue weighted by Gasteiger charge is 2.33. The van der Waals surface area contributed by atoms with Crippen molar-refractivity contribution >= 4 is 11.8 Å². The van der Waals surface area contributed by atoms with Crippen LogP contribution in [0.1, 0.15) is 33.1 Å². The predicted molar refractivity (Wildman–Crippen MR) is 69.1 cm³/mol. The second kappa shape index (κ2) is 5.69. The van der Waals surface area contributed by atoms with Crippen molar-refractivity contribution in [2.24, 2.45) is 0 Å². The SMILES string of the molecule is CCN(CC(=O)N1CCCNC(=O)C1C)C1CC1. The van der Waals surface area contributed by atoms with E-state index in [1.54, 1.807) is 4.90 Å². The van der Waals surface area contributed by atoms with E-state index in [1.807, 2.05) is 6.92 Å². The van der Waals surface area contributed by atoms with Gasteiger partial charge in [0, 0.05) is 19.1 Å². The van der Waals surface area contributed by atoms with Crippen molar-refractivity contribution in [1.82, 2.24) is 15.1 Å². The van der Waals surface area contributed by atoms with Gasteiger partial charge in [-0.3, -0.25) is 14.5 Å². The molecule has 1 saturated carbocycles. The molecule has 2 rings (SSSR count). The van der Waals surface area contributed by atoms with Gasteiger partial charge in [-0.05, 0) is 32.7 Å². The Bertz CT molecular complexity index is 328. The summed E-state index contributed by atoms with van der Waals surface area (Å²) in [7, 11) is 0. The predicted octanol–water partition coefficient (Wildman–Crippen LogP) is 0.208. The zero-order chi connectivity index (χ0) is 13.1. The lowest BCUT2D eigenvalue weighted by atomic mass is 10.2. The number of rotatable bonds is 4. The lowest BCUT2D eigenvalue weighted by Crippen LogP contribution is -2.49. The average molecular weight is 253 g/mol. The third-order valence-electron chi connectivity index (χ3n) is 3.85. The fourth-order valence-electron chi connectivity index (χ4n) is 2.49. The van der Waals surface area contributed by atoms with Crippen molar-refractivity contribution in [3.63, 3.8) is 0 Å². The third kappa shape index (κ3) is 3.02. The van der Waals surface area contributed by atoms with E-state index in [4.69, 9.17) is 0 Å². The number of nitrogens with zero attached hydrogens (tertiary/aromatic N) is 2. The zero-order valence-electron chi connectivity index (χ0n) is 11.3. The summed E-state index contributed by atoms with van der Waals surface area (Å²) in [4.78, 5) is 28.0. The van der Waals surface area contributed by atoms with Crippen LogP contribution in [0.15, 0.2) is 0 Å². The fraction of sp³-hybridized carbons (Fsp3) is 0.846. The van der Waals surface area contributed by atoms with Crippen LogP contribution in [0.2, 0.25) is 0 Å². The smallest absolute Gasteiger partial charge is 0.242 e. The van der Waals surface area contributed by atoms with Gasteiger partial charge < -0.3 is 10.2 Å². The van der Waals surface area contributed by atoms with E-state index in [-0.39, 0.29) is 17.9 Å². The third-order valence-corrected chi connectivity index (χ3v) is 3.85. The molecule has 1 unspecified atom stereocenters. The summed E-state index contributed by atoms with van der Waals surface area (Å²) in [5, 5.41) is 2.84. The van der Waals surface area contributed by atoms with Gasteiger partial charge in [0.1, 0.15) is 6.04 Å². The van der Waals surface area contributed by atoms with Crippen LogP contribution in [0.25, 0.3) is 0 Å². The summed E-state index contributed by atoms with van der Waals surface area (Å²) in [5.74, 6) is 0.0589. The number of nitrogens with one attached hydrogen (secondary N) is 1. The quantitative estimate of drug-likeness (QED) is 0.779. The number of carbonyl (C=O) groups is 2. The van der Waals surface area contributed by atoms with Crippen molar-refractivity contribution in [1.29, 1.82) is 0 Å². The minimum atomic E-state index is -0.335. The van der Waals surface area contributed by atoms with Gasteiger partial charge in [-0.2, -0.15) is 0 Å². The molecule has 5 heteroatoms. The first-order valence-corrected chi connectivity index (χ1v) is 6.94. The minimum Gasteiger partial charge on any atom is -0.354 e. The van der Waals surface area contributed by atoms with E-state index in [0.29, 0.717) is 25.7 Å². The van der Waals surface area contributed by atoms with Crippen LogP contribution in [0.5, 0.6) is 0 Å². The molecule has 0 radical (unpaired) electrons. The molecule has 0 aromatic carbocycles. The average Bonchev–Trinajstić information content (AvgIpc) is 3.18. The Morgan fingerprint density at radius 1 is 1.50 bits per heavy atom. The Labute approximate surface area is 108 Å². The van der Waals surface area contributed by atoms with Gasteiger partial charge in [-0.25, -0.2) is 0 Å². The highest BCUT2D eigenvalue weighted by Crippen LogP contribution is 2.26. The molecule has 1 N–H and O–H groups in total. The molecule has 1 atom stereocenters. The van der Waals surface area contributed by atoms with Gasteiger partial charge in [0.05, 0.1) is 6.54 Å². The van der Waals surface area contributed by atoms with E-state index in [1.165, 1.54) is 12.8 Å². The highest BCUT2D eigenvalue weighted by atomic mass is 16.2. The summed E-state index contributed by atoms with van der Waals surface area (Å²) >= 11 is 0. The van der Waals surface area contributed by atoms with E-state index < -0.39 is 0 Å². The molecule has 1 heterocycles. The number of hydrogen-bond acceptors (Lipinski definition) is 3. The Kier molecular flexibility index (Phi) is 4.22. The molecule has 0 spiro atoms. The van der Waals surface area contributed by atoms with Crippen LogP contribution in [-0.2, 0) is 9.59 Å². The van der Waals surface area contributed by atoms with Crippen LogP contribution in [0.4, 0.5) is 0 Å². The monoisotopic (exact) mass is 253 g/mol. The highest BCUT2D eigenvalue weighted by molar-refractivity contribution is 5.88. The van der Waals surface area contributed by atoms with Crippen molar-refractivity contribution in [2.45, 2.75) is 45.2 Å². The molecule has 5 nitrogen and oxygen atoms in total. The topological polar surface area (TPSA) is 52.7 Å². The number of carbonyl (C=O) groups excluding carboxylic acids is 2. The normalized spacial score (nSPS) is 24.9. The van der Waals surface area contributed by atoms with Crippen molar-refractivity contribution in [3.8, 4) is 0 Å². The molecule has 102 valence electrons. The van der Waals surface area contributed by atoms with Gasteiger partial charge in [-0.15, -0.1) is 0 Å². The molecule has 0 aromatic rings. The molecular formula is C13H23N3O2. The Hall–Kier alpha value is -1.10. The van der Waals surface area contributed by atoms with Crippen LogP contribution >= 0.6 is 0 Å². The largest absolute Gasteiger partial charge is 0.354 e. The molecular weight excluding hydrogens is 230 g/mol. The van der Waals surface area contributed by atoms with Gasteiger partial charge in [0.2, 0.25) is 11.8 Å². The molecule has 0 bridgehead atoms. The lowest BCUT2D eigenvalue weighted by molar-refractivity contribution is -0.139. The molecule has 1 aliphatic carbocycles. The summed E-state index contributed by atoms with van der Waals surface area (Å²) in [6.07, 6.45) is 3.26. The van der Waals surface area contributed by atoms with Crippen LogP contribution in [-0.4, -0.2) is 59.9 Å². The van der Waals surface area contributed by atoms with Crippen LogP contribution < -0.4 is 5.32 Å². The minimum absolute atomic E-state index is 0.0321. The molecule has 2 fully saturated rings. The number of likely N-dealkylation sites (N-methyl/N-ethyl adjacent to an activating group) is 1. The Morgan fingerprint density at radius 3 is 2.83 bits per heavy atom. The van der Waals surface area contributed by atoms with Gasteiger partial charge in [0.25, 0.3) is 0 Å². The van der Waals surface area contributed by atoms with Crippen molar-refractivity contribution < 1.29 is 9.59 Å². The molecule has 2 amide bonds. The van der Waals surface area contributed by atoms with Gasteiger partial charge in [0.15, 0.2) is 0 Å². The molecule has 18 heavy (non-hydrogen) atoms. The first-order chi connectivity index (χ1) is 8.63. The van der Waals surface area contributed by atoms with Crippen molar-refractivity contribution in [2.75, 3.05) is 26.2 Å². The zero-order valence-corrected chi connectivity index (χ0v) is 11.3. The van der Waals surface area contributed by atoms with E-state index in [9.17, 15) is 9.59 Å². The second-order valence-electron chi connectivity index (χ2n) is 5.20. The Balaban J connectivity index is 1.95. The Morgan fingerprint density at radius 2 is 2.22 bits per heavy atom. The fourth-order valence-corrected chi connectivity index (χ4v) is 2.49. The first-order valence-electron chi connectivity index (χ1n) is 6.94. The maximum Gasteiger partial charge on any atom is 0.242 e. The summed E-state index contributed by atoms with van der Waals surface area (Å²) in [6.45, 7) is 6.62. The number of hydrogen-bond donors (Lipinski definition) is 1. The molecule has 1 aliphatic heterocycles. The van der Waals surface area contributed by atoms with Gasteiger partial charge >= 0.3 is 0 Å². The maximum atomic E-state index is 12.3. The van der Waals surface area contributed by atoms with Crippen LogP contribution in [0, 0.1) is 0 Å². The maximum absolute atomic E-state index is 12.3. The van der Waals surface area contributed by atoms with E-state index in [2.05, 4.69) is 17.1 Å². The first kappa shape index (κ1) is 13.3. The standard InChI is InChI=1S/C13H23N3O2/c1-3-15(11-5-6-11)9-12(17)16-8-4-7-14-13(18)10(16)2/h10-11H,3-9H2,1-2H3,(H,14,18). The summed E-state index contributed by atoms with van der Waals surface area (Å²) in [6, 6.07) is 0.257. The molecule has 2 aliphatic rings. The van der Waals surface area contributed by atoms with E-state index >= 15 is 0 Å².